The van der Waals surface area contributed by atoms with Gasteiger partial charge in [0.25, 0.3) is 0 Å². The maximum absolute atomic E-state index is 6.13. The molecule has 0 spiro atoms. The first-order valence-corrected chi connectivity index (χ1v) is 10.3. The fourth-order valence-electron chi connectivity index (χ4n) is 3.03. The van der Waals surface area contributed by atoms with E-state index in [1.165, 1.54) is 0 Å². The molecule has 0 saturated carbocycles. The van der Waals surface area contributed by atoms with Crippen LogP contribution in [0.25, 0.3) is 0 Å². The molecule has 0 atom stereocenters. The van der Waals surface area contributed by atoms with Gasteiger partial charge in [0.15, 0.2) is 16.6 Å². The molecule has 0 fully saturated rings. The minimum absolute atomic E-state index is 0.447. The maximum Gasteiger partial charge on any atom is 0.175 e. The standard InChI is InChI=1S/C21H22Cl2N4O2S/c1-12-20(13(2)27(26-12)11-14-5-7-16(22)17(23)9-14)25-21(30)24-15-6-8-18(28-3)19(10-15)29-4/h5-10H,11H2,1-4H3,(H2,24,25,30). The highest BCUT2D eigenvalue weighted by molar-refractivity contribution is 7.80. The number of ether oxygens (including phenoxy) is 2. The Morgan fingerprint density at radius 2 is 1.73 bits per heavy atom. The summed E-state index contributed by atoms with van der Waals surface area (Å²) in [5, 5.41) is 12.5. The molecule has 0 unspecified atom stereocenters. The molecular weight excluding hydrogens is 443 g/mol. The third-order valence-corrected chi connectivity index (χ3v) is 5.52. The molecule has 2 aromatic carbocycles. The van der Waals surface area contributed by atoms with Crippen LogP contribution in [0.15, 0.2) is 36.4 Å². The predicted molar refractivity (Wildman–Crippen MR) is 127 cm³/mol. The zero-order valence-corrected chi connectivity index (χ0v) is 19.4. The Labute approximate surface area is 191 Å². The average molecular weight is 465 g/mol. The van der Waals surface area contributed by atoms with Crippen LogP contribution in [0, 0.1) is 13.8 Å². The molecule has 0 saturated heterocycles. The van der Waals surface area contributed by atoms with Crippen molar-refractivity contribution in [2.45, 2.75) is 20.4 Å². The monoisotopic (exact) mass is 464 g/mol. The number of aromatic nitrogens is 2. The highest BCUT2D eigenvalue weighted by atomic mass is 35.5. The van der Waals surface area contributed by atoms with Crippen LogP contribution in [-0.4, -0.2) is 29.1 Å². The van der Waals surface area contributed by atoms with Gasteiger partial charge in [-0.2, -0.15) is 5.10 Å². The molecule has 0 aliphatic carbocycles. The number of thiocarbonyl (C=S) groups is 1. The normalized spacial score (nSPS) is 10.6. The lowest BCUT2D eigenvalue weighted by Gasteiger charge is -2.13. The van der Waals surface area contributed by atoms with Crippen LogP contribution in [0.3, 0.4) is 0 Å². The van der Waals surface area contributed by atoms with Crippen LogP contribution in [0.1, 0.15) is 17.0 Å². The number of hydrogen-bond acceptors (Lipinski definition) is 4. The fourth-order valence-corrected chi connectivity index (χ4v) is 3.57. The van der Waals surface area contributed by atoms with E-state index in [9.17, 15) is 0 Å². The molecular formula is C21H22Cl2N4O2S. The Morgan fingerprint density at radius 3 is 2.40 bits per heavy atom. The zero-order valence-electron chi connectivity index (χ0n) is 17.0. The van der Waals surface area contributed by atoms with Crippen LogP contribution >= 0.6 is 35.4 Å². The lowest BCUT2D eigenvalue weighted by Crippen LogP contribution is -2.20. The van der Waals surface area contributed by atoms with Crippen LogP contribution in [0.2, 0.25) is 10.0 Å². The minimum Gasteiger partial charge on any atom is -0.493 e. The molecule has 0 aliphatic rings. The van der Waals surface area contributed by atoms with Gasteiger partial charge in [0, 0.05) is 11.8 Å². The van der Waals surface area contributed by atoms with E-state index in [4.69, 9.17) is 44.9 Å². The van der Waals surface area contributed by atoms with E-state index in [1.807, 2.05) is 48.9 Å². The lowest BCUT2D eigenvalue weighted by molar-refractivity contribution is 0.355. The highest BCUT2D eigenvalue weighted by Crippen LogP contribution is 2.30. The molecule has 158 valence electrons. The van der Waals surface area contributed by atoms with Crippen LogP contribution < -0.4 is 20.1 Å². The summed E-state index contributed by atoms with van der Waals surface area (Å²) in [4.78, 5) is 0. The van der Waals surface area contributed by atoms with E-state index in [0.29, 0.717) is 33.2 Å². The van der Waals surface area contributed by atoms with Crippen molar-refractivity contribution in [2.24, 2.45) is 0 Å². The molecule has 3 aromatic rings. The van der Waals surface area contributed by atoms with Gasteiger partial charge in [0.1, 0.15) is 0 Å². The van der Waals surface area contributed by atoms with Crippen molar-refractivity contribution < 1.29 is 9.47 Å². The van der Waals surface area contributed by atoms with Gasteiger partial charge in [-0.1, -0.05) is 29.3 Å². The van der Waals surface area contributed by atoms with Crippen molar-refractivity contribution in [3.63, 3.8) is 0 Å². The number of nitrogens with one attached hydrogen (secondary N) is 2. The first-order valence-electron chi connectivity index (χ1n) is 9.10. The summed E-state index contributed by atoms with van der Waals surface area (Å²) in [7, 11) is 3.19. The molecule has 3 rings (SSSR count). The van der Waals surface area contributed by atoms with Gasteiger partial charge in [-0.25, -0.2) is 0 Å². The van der Waals surface area contributed by atoms with Crippen molar-refractivity contribution in [3.05, 3.63) is 63.4 Å². The van der Waals surface area contributed by atoms with E-state index in [2.05, 4.69) is 15.7 Å². The van der Waals surface area contributed by atoms with E-state index in [1.54, 1.807) is 20.3 Å². The molecule has 1 aromatic heterocycles. The Morgan fingerprint density at radius 1 is 1.00 bits per heavy atom. The number of hydrogen-bond donors (Lipinski definition) is 2. The maximum atomic E-state index is 6.13. The topological polar surface area (TPSA) is 60.3 Å². The summed E-state index contributed by atoms with van der Waals surface area (Å²) >= 11 is 17.6. The van der Waals surface area contributed by atoms with Gasteiger partial charge in [0.2, 0.25) is 0 Å². The molecule has 6 nitrogen and oxygen atoms in total. The van der Waals surface area contributed by atoms with Crippen LogP contribution in [0.5, 0.6) is 11.5 Å². The largest absolute Gasteiger partial charge is 0.493 e. The van der Waals surface area contributed by atoms with E-state index in [-0.39, 0.29) is 0 Å². The first-order chi connectivity index (χ1) is 14.3. The Hall–Kier alpha value is -2.48. The van der Waals surface area contributed by atoms with Crippen molar-refractivity contribution in [3.8, 4) is 11.5 Å². The molecule has 9 heteroatoms. The fraction of sp³-hybridized carbons (Fsp3) is 0.238. The van der Waals surface area contributed by atoms with Crippen LogP contribution in [0.4, 0.5) is 11.4 Å². The lowest BCUT2D eigenvalue weighted by atomic mass is 10.2. The number of benzene rings is 2. The molecule has 2 N–H and O–H groups in total. The third-order valence-electron chi connectivity index (χ3n) is 4.58. The first kappa shape index (κ1) is 22.2. The number of nitrogens with zero attached hydrogens (tertiary/aromatic N) is 2. The number of rotatable bonds is 6. The smallest absolute Gasteiger partial charge is 0.175 e. The van der Waals surface area contributed by atoms with Gasteiger partial charge in [-0.05, 0) is 55.9 Å². The SMILES string of the molecule is COc1ccc(NC(=S)Nc2c(C)nn(Cc3ccc(Cl)c(Cl)c3)c2C)cc1OC. The molecule has 0 bridgehead atoms. The molecule has 30 heavy (non-hydrogen) atoms. The number of anilines is 2. The molecule has 0 aliphatic heterocycles. The van der Waals surface area contributed by atoms with Gasteiger partial charge in [-0.3, -0.25) is 4.68 Å². The van der Waals surface area contributed by atoms with Crippen molar-refractivity contribution in [2.75, 3.05) is 24.9 Å². The number of methoxy groups -OCH3 is 2. The van der Waals surface area contributed by atoms with Crippen molar-refractivity contribution in [1.29, 1.82) is 0 Å². The summed E-state index contributed by atoms with van der Waals surface area (Å²) in [6, 6.07) is 11.1. The number of halogens is 2. The Balaban J connectivity index is 1.73. The second-order valence-electron chi connectivity index (χ2n) is 6.60. The number of aryl methyl sites for hydroxylation is 1. The van der Waals surface area contributed by atoms with Gasteiger partial charge >= 0.3 is 0 Å². The van der Waals surface area contributed by atoms with E-state index >= 15 is 0 Å². The van der Waals surface area contributed by atoms with E-state index in [0.717, 1.165) is 28.3 Å². The van der Waals surface area contributed by atoms with Gasteiger partial charge < -0.3 is 20.1 Å². The van der Waals surface area contributed by atoms with Gasteiger partial charge in [0.05, 0.1) is 47.9 Å². The molecule has 0 radical (unpaired) electrons. The predicted octanol–water partition coefficient (Wildman–Crippen LogP) is 5.68. The second kappa shape index (κ2) is 9.55. The summed E-state index contributed by atoms with van der Waals surface area (Å²) in [5.74, 6) is 1.27. The Kier molecular flexibility index (Phi) is 7.07. The van der Waals surface area contributed by atoms with Crippen LogP contribution in [-0.2, 0) is 6.54 Å². The highest BCUT2D eigenvalue weighted by Gasteiger charge is 2.14. The molecule has 1 heterocycles. The summed E-state index contributed by atoms with van der Waals surface area (Å²) in [6.45, 7) is 4.49. The third kappa shape index (κ3) is 4.98. The quantitative estimate of drug-likeness (QED) is 0.457. The summed E-state index contributed by atoms with van der Waals surface area (Å²) < 4.78 is 12.5. The second-order valence-corrected chi connectivity index (χ2v) is 7.82. The molecule has 0 amide bonds. The summed E-state index contributed by atoms with van der Waals surface area (Å²) in [6.07, 6.45) is 0. The van der Waals surface area contributed by atoms with Crippen molar-refractivity contribution in [1.82, 2.24) is 9.78 Å². The zero-order chi connectivity index (χ0) is 21.8. The Bertz CT molecular complexity index is 1090. The van der Waals surface area contributed by atoms with Crippen molar-refractivity contribution >= 4 is 51.9 Å². The minimum atomic E-state index is 0.447. The average Bonchev–Trinajstić information content (AvgIpc) is 2.98. The summed E-state index contributed by atoms with van der Waals surface area (Å²) in [5.41, 5.74) is 4.43. The van der Waals surface area contributed by atoms with Gasteiger partial charge in [-0.15, -0.1) is 0 Å². The van der Waals surface area contributed by atoms with E-state index < -0.39 is 0 Å².